The third-order valence-corrected chi connectivity index (χ3v) is 6.33. The molecule has 0 aliphatic heterocycles. The fourth-order valence-electron chi connectivity index (χ4n) is 2.56. The molecule has 0 atom stereocenters. The second kappa shape index (κ2) is 7.33. The molecular formula is C20H19NO2S2. The lowest BCUT2D eigenvalue weighted by Gasteiger charge is -2.14. The number of hydrogen-bond donors (Lipinski definition) is 1. The highest BCUT2D eigenvalue weighted by Crippen LogP contribution is 2.34. The van der Waals surface area contributed by atoms with Crippen LogP contribution in [0.5, 0.6) is 0 Å². The fraction of sp³-hybridized carbons (Fsp3) is 0.100. The van der Waals surface area contributed by atoms with Gasteiger partial charge in [-0.15, -0.1) is 0 Å². The van der Waals surface area contributed by atoms with E-state index in [0.29, 0.717) is 10.6 Å². The maximum atomic E-state index is 12.8. The minimum atomic E-state index is -3.64. The van der Waals surface area contributed by atoms with Gasteiger partial charge in [-0.2, -0.15) is 0 Å². The van der Waals surface area contributed by atoms with E-state index in [0.717, 1.165) is 20.9 Å². The summed E-state index contributed by atoms with van der Waals surface area (Å²) in [5.74, 6) is 0. The standard InChI is InChI=1S/C20H19NO2S2/c1-15-12-13-20(16(2)14-15)25(22,23)21-18-10-6-7-11-19(18)24-17-8-4-3-5-9-17/h3-14,21H,1-2H3. The highest BCUT2D eigenvalue weighted by Gasteiger charge is 2.18. The maximum Gasteiger partial charge on any atom is 0.262 e. The first kappa shape index (κ1) is 17.6. The Labute approximate surface area is 153 Å². The molecule has 0 fully saturated rings. The molecular weight excluding hydrogens is 350 g/mol. The van der Waals surface area contributed by atoms with Crippen molar-refractivity contribution in [3.05, 3.63) is 83.9 Å². The molecule has 3 nitrogen and oxygen atoms in total. The summed E-state index contributed by atoms with van der Waals surface area (Å²) < 4.78 is 28.4. The van der Waals surface area contributed by atoms with Crippen molar-refractivity contribution in [1.82, 2.24) is 0 Å². The number of rotatable bonds is 5. The van der Waals surface area contributed by atoms with E-state index < -0.39 is 10.0 Å². The van der Waals surface area contributed by atoms with Gasteiger partial charge in [-0.25, -0.2) is 8.42 Å². The monoisotopic (exact) mass is 369 g/mol. The van der Waals surface area contributed by atoms with Gasteiger partial charge < -0.3 is 0 Å². The van der Waals surface area contributed by atoms with Crippen LogP contribution >= 0.6 is 11.8 Å². The topological polar surface area (TPSA) is 46.2 Å². The average Bonchev–Trinajstić information content (AvgIpc) is 2.57. The zero-order chi connectivity index (χ0) is 17.9. The summed E-state index contributed by atoms with van der Waals surface area (Å²) in [4.78, 5) is 2.22. The van der Waals surface area contributed by atoms with E-state index in [1.54, 1.807) is 12.1 Å². The highest BCUT2D eigenvalue weighted by molar-refractivity contribution is 7.99. The molecule has 1 N–H and O–H groups in total. The van der Waals surface area contributed by atoms with Gasteiger partial charge in [-0.3, -0.25) is 4.72 Å². The number of nitrogens with one attached hydrogen (secondary N) is 1. The van der Waals surface area contributed by atoms with Crippen LogP contribution in [0.1, 0.15) is 11.1 Å². The highest BCUT2D eigenvalue weighted by atomic mass is 32.2. The first-order valence-corrected chi connectivity index (χ1v) is 10.2. The molecule has 0 aromatic heterocycles. The molecule has 0 aliphatic carbocycles. The second-order valence-electron chi connectivity index (χ2n) is 5.79. The van der Waals surface area contributed by atoms with Gasteiger partial charge in [0.15, 0.2) is 0 Å². The minimum Gasteiger partial charge on any atom is -0.278 e. The van der Waals surface area contributed by atoms with Gasteiger partial charge in [0.05, 0.1) is 10.6 Å². The quantitative estimate of drug-likeness (QED) is 0.668. The number of sulfonamides is 1. The Bertz CT molecular complexity index is 984. The molecule has 0 heterocycles. The normalized spacial score (nSPS) is 11.3. The Balaban J connectivity index is 1.92. The Morgan fingerprint density at radius 3 is 2.24 bits per heavy atom. The van der Waals surface area contributed by atoms with Crippen LogP contribution in [0.3, 0.4) is 0 Å². The van der Waals surface area contributed by atoms with Gasteiger partial charge >= 0.3 is 0 Å². The van der Waals surface area contributed by atoms with Crippen molar-refractivity contribution in [2.75, 3.05) is 4.72 Å². The Hall–Kier alpha value is -2.24. The van der Waals surface area contributed by atoms with Crippen LogP contribution in [0, 0.1) is 13.8 Å². The van der Waals surface area contributed by atoms with Crippen LogP contribution in [0.15, 0.2) is 87.5 Å². The predicted octanol–water partition coefficient (Wildman–Crippen LogP) is 5.26. The molecule has 0 bridgehead atoms. The summed E-state index contributed by atoms with van der Waals surface area (Å²) in [5, 5.41) is 0. The lowest BCUT2D eigenvalue weighted by molar-refractivity contribution is 0.600. The number of hydrogen-bond acceptors (Lipinski definition) is 3. The van der Waals surface area contributed by atoms with E-state index in [1.807, 2.05) is 74.5 Å². The van der Waals surface area contributed by atoms with Crippen molar-refractivity contribution in [3.63, 3.8) is 0 Å². The molecule has 0 spiro atoms. The molecule has 0 aliphatic rings. The van der Waals surface area contributed by atoms with Gasteiger partial charge in [0.1, 0.15) is 0 Å². The lowest BCUT2D eigenvalue weighted by Crippen LogP contribution is -2.14. The van der Waals surface area contributed by atoms with E-state index in [9.17, 15) is 8.42 Å². The van der Waals surface area contributed by atoms with Crippen molar-refractivity contribution >= 4 is 27.5 Å². The molecule has 3 aromatic carbocycles. The summed E-state index contributed by atoms with van der Waals surface area (Å²) in [7, 11) is -3.64. The van der Waals surface area contributed by atoms with Crippen molar-refractivity contribution in [1.29, 1.82) is 0 Å². The third-order valence-electron chi connectivity index (χ3n) is 3.72. The van der Waals surface area contributed by atoms with Crippen LogP contribution in [-0.2, 0) is 10.0 Å². The second-order valence-corrected chi connectivity index (χ2v) is 8.55. The summed E-state index contributed by atoms with van der Waals surface area (Å²) in [6.07, 6.45) is 0. The van der Waals surface area contributed by atoms with Crippen LogP contribution in [0.4, 0.5) is 5.69 Å². The minimum absolute atomic E-state index is 0.303. The number of aryl methyl sites for hydroxylation is 2. The first-order valence-electron chi connectivity index (χ1n) is 7.88. The average molecular weight is 370 g/mol. The number of para-hydroxylation sites is 1. The Morgan fingerprint density at radius 1 is 0.840 bits per heavy atom. The van der Waals surface area contributed by atoms with Gasteiger partial charge in [0.2, 0.25) is 0 Å². The van der Waals surface area contributed by atoms with Crippen molar-refractivity contribution in [2.24, 2.45) is 0 Å². The van der Waals surface area contributed by atoms with Crippen molar-refractivity contribution in [2.45, 2.75) is 28.5 Å². The van der Waals surface area contributed by atoms with Gasteiger partial charge in [0.25, 0.3) is 10.0 Å². The molecule has 0 saturated heterocycles. The molecule has 0 saturated carbocycles. The van der Waals surface area contributed by atoms with E-state index in [2.05, 4.69) is 4.72 Å². The summed E-state index contributed by atoms with van der Waals surface area (Å²) in [6, 6.07) is 22.7. The molecule has 0 radical (unpaired) electrons. The van der Waals surface area contributed by atoms with Gasteiger partial charge in [0, 0.05) is 9.79 Å². The zero-order valence-corrected chi connectivity index (χ0v) is 15.7. The summed E-state index contributed by atoms with van der Waals surface area (Å²) in [5.41, 5.74) is 2.36. The maximum absolute atomic E-state index is 12.8. The van der Waals surface area contributed by atoms with E-state index in [1.165, 1.54) is 11.8 Å². The molecule has 3 rings (SSSR count). The van der Waals surface area contributed by atoms with Crippen molar-refractivity contribution < 1.29 is 8.42 Å². The van der Waals surface area contributed by atoms with Crippen LogP contribution in [0.2, 0.25) is 0 Å². The molecule has 0 amide bonds. The smallest absolute Gasteiger partial charge is 0.262 e. The Morgan fingerprint density at radius 2 is 1.52 bits per heavy atom. The largest absolute Gasteiger partial charge is 0.278 e. The summed E-state index contributed by atoms with van der Waals surface area (Å²) in [6.45, 7) is 3.76. The molecule has 5 heteroatoms. The van der Waals surface area contributed by atoms with Crippen LogP contribution in [-0.4, -0.2) is 8.42 Å². The van der Waals surface area contributed by atoms with Crippen LogP contribution < -0.4 is 4.72 Å². The fourth-order valence-corrected chi connectivity index (χ4v) is 4.85. The summed E-state index contributed by atoms with van der Waals surface area (Å²) >= 11 is 1.53. The van der Waals surface area contributed by atoms with E-state index >= 15 is 0 Å². The van der Waals surface area contributed by atoms with Crippen molar-refractivity contribution in [3.8, 4) is 0 Å². The molecule has 25 heavy (non-hydrogen) atoms. The molecule has 3 aromatic rings. The SMILES string of the molecule is Cc1ccc(S(=O)(=O)Nc2ccccc2Sc2ccccc2)c(C)c1. The molecule has 0 unspecified atom stereocenters. The third kappa shape index (κ3) is 4.24. The van der Waals surface area contributed by atoms with E-state index in [-0.39, 0.29) is 0 Å². The Kier molecular flexibility index (Phi) is 5.16. The zero-order valence-electron chi connectivity index (χ0n) is 14.1. The number of anilines is 1. The van der Waals surface area contributed by atoms with E-state index in [4.69, 9.17) is 0 Å². The lowest BCUT2D eigenvalue weighted by atomic mass is 10.2. The predicted molar refractivity (Wildman–Crippen MR) is 104 cm³/mol. The van der Waals surface area contributed by atoms with Gasteiger partial charge in [-0.05, 0) is 49.7 Å². The van der Waals surface area contributed by atoms with Crippen LogP contribution in [0.25, 0.3) is 0 Å². The molecule has 128 valence electrons. The first-order chi connectivity index (χ1) is 12.0. The van der Waals surface area contributed by atoms with Gasteiger partial charge in [-0.1, -0.05) is 59.8 Å². The number of benzene rings is 3.